The van der Waals surface area contributed by atoms with E-state index >= 15 is 0 Å². The Morgan fingerprint density at radius 3 is 2.42 bits per heavy atom. The number of halogens is 3. The smallest absolute Gasteiger partial charge is 0.408 e. The molecular formula is C18H18F3N3O2. The molecule has 0 atom stereocenters. The molecular weight excluding hydrogens is 347 g/mol. The minimum Gasteiger partial charge on any atom is -0.508 e. The summed E-state index contributed by atoms with van der Waals surface area (Å²) in [7, 11) is 0. The molecule has 0 unspecified atom stereocenters. The van der Waals surface area contributed by atoms with E-state index in [1.807, 2.05) is 11.0 Å². The highest BCUT2D eigenvalue weighted by Gasteiger charge is 2.28. The Morgan fingerprint density at radius 1 is 1.04 bits per heavy atom. The Hall–Kier alpha value is -2.74. The maximum absolute atomic E-state index is 12.5. The van der Waals surface area contributed by atoms with Crippen LogP contribution in [0.4, 0.5) is 13.2 Å². The fourth-order valence-electron chi connectivity index (χ4n) is 2.67. The number of rotatable bonds is 7. The van der Waals surface area contributed by atoms with Crippen LogP contribution in [0.25, 0.3) is 0 Å². The van der Waals surface area contributed by atoms with Crippen molar-refractivity contribution >= 4 is 0 Å². The Morgan fingerprint density at radius 2 is 1.77 bits per heavy atom. The molecule has 2 aromatic heterocycles. The molecule has 0 bridgehead atoms. The highest BCUT2D eigenvalue weighted by Crippen LogP contribution is 2.19. The molecule has 1 aromatic carbocycles. The number of benzene rings is 1. The fraction of sp³-hybridized carbons (Fsp3) is 0.278. The van der Waals surface area contributed by atoms with Gasteiger partial charge in [-0.05, 0) is 29.8 Å². The molecule has 2 heterocycles. The second-order valence-electron chi connectivity index (χ2n) is 6.05. The lowest BCUT2D eigenvalue weighted by Crippen LogP contribution is -2.22. The average molecular weight is 365 g/mol. The van der Waals surface area contributed by atoms with E-state index in [2.05, 4.69) is 5.10 Å². The van der Waals surface area contributed by atoms with Crippen LogP contribution in [-0.4, -0.2) is 26.0 Å². The second-order valence-corrected chi connectivity index (χ2v) is 6.05. The third-order valence-corrected chi connectivity index (χ3v) is 3.74. The monoisotopic (exact) mass is 365 g/mol. The van der Waals surface area contributed by atoms with Gasteiger partial charge in [-0.3, -0.25) is 9.58 Å². The predicted octanol–water partition coefficient (Wildman–Crippen LogP) is 3.95. The van der Waals surface area contributed by atoms with Crippen LogP contribution in [0.15, 0.2) is 59.5 Å². The van der Waals surface area contributed by atoms with Crippen LogP contribution in [0.3, 0.4) is 0 Å². The number of hydrogen-bond donors (Lipinski definition) is 1. The van der Waals surface area contributed by atoms with Crippen molar-refractivity contribution in [1.82, 2.24) is 14.7 Å². The van der Waals surface area contributed by atoms with Gasteiger partial charge in [0.15, 0.2) is 0 Å². The van der Waals surface area contributed by atoms with Crippen molar-refractivity contribution in [2.45, 2.75) is 32.4 Å². The molecule has 0 saturated heterocycles. The van der Waals surface area contributed by atoms with Gasteiger partial charge >= 0.3 is 6.18 Å². The second kappa shape index (κ2) is 7.65. The highest BCUT2D eigenvalue weighted by molar-refractivity contribution is 5.26. The lowest BCUT2D eigenvalue weighted by atomic mass is 10.2. The van der Waals surface area contributed by atoms with Gasteiger partial charge in [-0.1, -0.05) is 12.1 Å². The molecule has 0 amide bonds. The molecule has 3 rings (SSSR count). The third-order valence-electron chi connectivity index (χ3n) is 3.74. The van der Waals surface area contributed by atoms with Crippen LogP contribution in [0.2, 0.25) is 0 Å². The summed E-state index contributed by atoms with van der Waals surface area (Å²) in [5.41, 5.74) is 1.65. The zero-order valence-electron chi connectivity index (χ0n) is 13.9. The maximum atomic E-state index is 12.5. The van der Waals surface area contributed by atoms with E-state index in [9.17, 15) is 18.3 Å². The van der Waals surface area contributed by atoms with Crippen LogP contribution in [0, 0.1) is 0 Å². The predicted molar refractivity (Wildman–Crippen MR) is 88.0 cm³/mol. The molecule has 26 heavy (non-hydrogen) atoms. The first-order chi connectivity index (χ1) is 12.4. The van der Waals surface area contributed by atoms with Crippen molar-refractivity contribution in [3.8, 4) is 5.75 Å². The van der Waals surface area contributed by atoms with Gasteiger partial charge in [-0.25, -0.2) is 0 Å². The van der Waals surface area contributed by atoms with Gasteiger partial charge in [0.05, 0.1) is 19.0 Å². The summed E-state index contributed by atoms with van der Waals surface area (Å²) in [5.74, 6) is 0.936. The molecule has 3 aromatic rings. The highest BCUT2D eigenvalue weighted by atomic mass is 19.4. The molecule has 0 fully saturated rings. The number of aromatic nitrogens is 2. The Labute approximate surface area is 148 Å². The minimum absolute atomic E-state index is 0.180. The number of phenols is 1. The Balaban J connectivity index is 1.71. The van der Waals surface area contributed by atoms with E-state index in [0.717, 1.165) is 16.0 Å². The number of furan rings is 1. The molecule has 0 aliphatic carbocycles. The van der Waals surface area contributed by atoms with Crippen molar-refractivity contribution in [2.75, 3.05) is 0 Å². The first-order valence-corrected chi connectivity index (χ1v) is 7.98. The minimum atomic E-state index is -4.30. The third kappa shape index (κ3) is 5.38. The summed E-state index contributed by atoms with van der Waals surface area (Å²) >= 11 is 0. The first kappa shape index (κ1) is 18.1. The molecule has 0 saturated carbocycles. The Bertz CT molecular complexity index is 811. The van der Waals surface area contributed by atoms with Gasteiger partial charge in [0, 0.05) is 24.8 Å². The van der Waals surface area contributed by atoms with Crippen molar-refractivity contribution in [3.05, 3.63) is 71.9 Å². The number of nitrogens with zero attached hydrogens (tertiary/aromatic N) is 3. The zero-order valence-corrected chi connectivity index (χ0v) is 13.9. The van der Waals surface area contributed by atoms with Gasteiger partial charge in [0.25, 0.3) is 0 Å². The normalized spacial score (nSPS) is 12.0. The van der Waals surface area contributed by atoms with Gasteiger partial charge in [-0.2, -0.15) is 18.3 Å². The standard InChI is InChI=1S/C18H18F3N3O2/c19-18(20,21)13-24-11-15(8-22-24)10-23(12-17-2-1-7-26-17)9-14-3-5-16(25)6-4-14/h1-8,11,25H,9-10,12-13H2. The first-order valence-electron chi connectivity index (χ1n) is 7.98. The molecule has 0 spiro atoms. The van der Waals surface area contributed by atoms with Gasteiger partial charge < -0.3 is 9.52 Å². The van der Waals surface area contributed by atoms with Crippen LogP contribution in [0.1, 0.15) is 16.9 Å². The number of phenolic OH excluding ortho intramolecular Hbond substituents is 1. The quantitative estimate of drug-likeness (QED) is 0.689. The largest absolute Gasteiger partial charge is 0.508 e. The van der Waals surface area contributed by atoms with Crippen LogP contribution in [-0.2, 0) is 26.2 Å². The van der Waals surface area contributed by atoms with E-state index < -0.39 is 12.7 Å². The van der Waals surface area contributed by atoms with E-state index in [1.165, 1.54) is 12.4 Å². The van der Waals surface area contributed by atoms with Crippen molar-refractivity contribution in [1.29, 1.82) is 0 Å². The number of alkyl halides is 3. The van der Waals surface area contributed by atoms with E-state index in [0.29, 0.717) is 25.2 Å². The van der Waals surface area contributed by atoms with Crippen LogP contribution >= 0.6 is 0 Å². The summed E-state index contributed by atoms with van der Waals surface area (Å²) in [6.07, 6.45) is 0.121. The van der Waals surface area contributed by atoms with Crippen molar-refractivity contribution in [3.63, 3.8) is 0 Å². The number of aromatic hydroxyl groups is 1. The molecule has 0 radical (unpaired) electrons. The van der Waals surface area contributed by atoms with Gasteiger partial charge in [0.2, 0.25) is 0 Å². The molecule has 8 heteroatoms. The fourth-order valence-corrected chi connectivity index (χ4v) is 2.67. The Kier molecular flexibility index (Phi) is 5.32. The van der Waals surface area contributed by atoms with E-state index in [1.54, 1.807) is 36.6 Å². The van der Waals surface area contributed by atoms with Crippen LogP contribution in [0.5, 0.6) is 5.75 Å². The zero-order chi connectivity index (χ0) is 18.6. The SMILES string of the molecule is Oc1ccc(CN(Cc2cnn(CC(F)(F)F)c2)Cc2ccco2)cc1. The number of hydrogen-bond acceptors (Lipinski definition) is 4. The van der Waals surface area contributed by atoms with Crippen molar-refractivity contribution in [2.24, 2.45) is 0 Å². The molecule has 0 aliphatic heterocycles. The van der Waals surface area contributed by atoms with E-state index in [4.69, 9.17) is 4.42 Å². The lowest BCUT2D eigenvalue weighted by molar-refractivity contribution is -0.142. The molecule has 138 valence electrons. The topological polar surface area (TPSA) is 54.4 Å². The van der Waals surface area contributed by atoms with Crippen LogP contribution < -0.4 is 0 Å². The summed E-state index contributed by atoms with van der Waals surface area (Å²) in [4.78, 5) is 2.03. The van der Waals surface area contributed by atoms with Crippen molar-refractivity contribution < 1.29 is 22.7 Å². The van der Waals surface area contributed by atoms with Gasteiger partial charge in [0.1, 0.15) is 18.1 Å². The van der Waals surface area contributed by atoms with E-state index in [-0.39, 0.29) is 5.75 Å². The molecule has 1 N–H and O–H groups in total. The molecule has 5 nitrogen and oxygen atoms in total. The summed E-state index contributed by atoms with van der Waals surface area (Å²) in [6, 6.07) is 10.4. The summed E-state index contributed by atoms with van der Waals surface area (Å²) in [5, 5.41) is 13.2. The summed E-state index contributed by atoms with van der Waals surface area (Å²) < 4.78 is 43.7. The average Bonchev–Trinajstić information content (AvgIpc) is 3.20. The maximum Gasteiger partial charge on any atom is 0.408 e. The summed E-state index contributed by atoms with van der Waals surface area (Å²) in [6.45, 7) is 0.354. The lowest BCUT2D eigenvalue weighted by Gasteiger charge is -2.20. The molecule has 0 aliphatic rings. The van der Waals surface area contributed by atoms with Gasteiger partial charge in [-0.15, -0.1) is 0 Å².